The second-order valence-corrected chi connectivity index (χ2v) is 5.63. The van der Waals surface area contributed by atoms with Gasteiger partial charge in [-0.3, -0.25) is 4.90 Å². The smallest absolute Gasteiger partial charge is 0.136 e. The summed E-state index contributed by atoms with van der Waals surface area (Å²) in [6.07, 6.45) is 2.48. The molecule has 0 bridgehead atoms. The lowest BCUT2D eigenvalue weighted by atomic mass is 9.96. The van der Waals surface area contributed by atoms with Crippen LogP contribution in [0.3, 0.4) is 0 Å². The van der Waals surface area contributed by atoms with Crippen LogP contribution in [0.5, 0.6) is 5.75 Å². The van der Waals surface area contributed by atoms with Crippen LogP contribution in [0, 0.1) is 11.3 Å². The SMILES string of the molecule is COc1ccc(C2C(CN)OCCN2C2CC2)cc1C#N. The number of nitriles is 1. The van der Waals surface area contributed by atoms with Crippen molar-refractivity contribution in [2.75, 3.05) is 26.8 Å². The summed E-state index contributed by atoms with van der Waals surface area (Å²) >= 11 is 0. The highest BCUT2D eigenvalue weighted by Crippen LogP contribution is 2.39. The first kappa shape index (κ1) is 14.3. The minimum absolute atomic E-state index is 0.0145. The largest absolute Gasteiger partial charge is 0.495 e. The van der Waals surface area contributed by atoms with Gasteiger partial charge in [0, 0.05) is 19.1 Å². The number of nitrogens with zero attached hydrogens (tertiary/aromatic N) is 2. The van der Waals surface area contributed by atoms with Crippen LogP contribution in [0.4, 0.5) is 0 Å². The number of benzene rings is 1. The van der Waals surface area contributed by atoms with Gasteiger partial charge in [0.15, 0.2) is 0 Å². The normalized spacial score (nSPS) is 26.3. The monoisotopic (exact) mass is 287 g/mol. The van der Waals surface area contributed by atoms with Gasteiger partial charge in [-0.15, -0.1) is 0 Å². The van der Waals surface area contributed by atoms with Crippen LogP contribution in [0.1, 0.15) is 30.0 Å². The summed E-state index contributed by atoms with van der Waals surface area (Å²) < 4.78 is 11.1. The van der Waals surface area contributed by atoms with Crippen molar-refractivity contribution in [3.8, 4) is 11.8 Å². The second-order valence-electron chi connectivity index (χ2n) is 5.63. The van der Waals surface area contributed by atoms with Crippen LogP contribution >= 0.6 is 0 Å². The molecule has 2 atom stereocenters. The van der Waals surface area contributed by atoms with E-state index in [1.54, 1.807) is 7.11 Å². The fraction of sp³-hybridized carbons (Fsp3) is 0.562. The molecular weight excluding hydrogens is 266 g/mol. The molecule has 1 aliphatic carbocycles. The zero-order chi connectivity index (χ0) is 14.8. The van der Waals surface area contributed by atoms with Crippen molar-refractivity contribution in [2.45, 2.75) is 31.0 Å². The Morgan fingerprint density at radius 1 is 1.48 bits per heavy atom. The van der Waals surface area contributed by atoms with Crippen LogP contribution in [-0.2, 0) is 4.74 Å². The molecule has 2 aliphatic rings. The summed E-state index contributed by atoms with van der Waals surface area (Å²) in [4.78, 5) is 2.49. The number of methoxy groups -OCH3 is 1. The molecule has 1 aromatic carbocycles. The Balaban J connectivity index is 1.96. The van der Waals surface area contributed by atoms with Gasteiger partial charge in [-0.05, 0) is 30.5 Å². The van der Waals surface area contributed by atoms with Crippen molar-refractivity contribution in [1.82, 2.24) is 4.90 Å². The second kappa shape index (κ2) is 6.02. The van der Waals surface area contributed by atoms with Crippen molar-refractivity contribution in [1.29, 1.82) is 5.26 Å². The molecule has 1 aliphatic heterocycles. The Hall–Kier alpha value is -1.61. The third-order valence-electron chi connectivity index (χ3n) is 4.32. The van der Waals surface area contributed by atoms with Crippen LogP contribution in [-0.4, -0.2) is 43.9 Å². The van der Waals surface area contributed by atoms with Crippen molar-refractivity contribution in [3.05, 3.63) is 29.3 Å². The zero-order valence-corrected chi connectivity index (χ0v) is 12.3. The lowest BCUT2D eigenvalue weighted by Gasteiger charge is -2.41. The lowest BCUT2D eigenvalue weighted by Crippen LogP contribution is -2.49. The van der Waals surface area contributed by atoms with E-state index in [1.807, 2.05) is 18.2 Å². The molecule has 0 amide bonds. The minimum atomic E-state index is -0.0145. The number of nitrogens with two attached hydrogens (primary N) is 1. The Kier molecular flexibility index (Phi) is 4.11. The molecule has 1 heterocycles. The zero-order valence-electron chi connectivity index (χ0n) is 12.3. The van der Waals surface area contributed by atoms with Gasteiger partial charge in [0.2, 0.25) is 0 Å². The summed E-state index contributed by atoms with van der Waals surface area (Å²) in [5.41, 5.74) is 7.55. The van der Waals surface area contributed by atoms with Gasteiger partial charge in [0.25, 0.3) is 0 Å². The van der Waals surface area contributed by atoms with E-state index >= 15 is 0 Å². The highest BCUT2D eigenvalue weighted by molar-refractivity contribution is 5.46. The first-order chi connectivity index (χ1) is 10.3. The average molecular weight is 287 g/mol. The van der Waals surface area contributed by atoms with E-state index in [0.717, 1.165) is 18.7 Å². The van der Waals surface area contributed by atoms with E-state index < -0.39 is 0 Å². The van der Waals surface area contributed by atoms with Crippen LogP contribution in [0.25, 0.3) is 0 Å². The first-order valence-corrected chi connectivity index (χ1v) is 7.44. The first-order valence-electron chi connectivity index (χ1n) is 7.44. The summed E-state index contributed by atoms with van der Waals surface area (Å²) in [5.74, 6) is 0.611. The van der Waals surface area contributed by atoms with E-state index in [1.165, 1.54) is 12.8 Å². The highest BCUT2D eigenvalue weighted by Gasteiger charge is 2.40. The minimum Gasteiger partial charge on any atom is -0.495 e. The molecule has 112 valence electrons. The van der Waals surface area contributed by atoms with E-state index in [4.69, 9.17) is 15.2 Å². The summed E-state index contributed by atoms with van der Waals surface area (Å²) in [6, 6.07) is 8.78. The molecule has 21 heavy (non-hydrogen) atoms. The molecule has 1 saturated heterocycles. The fourth-order valence-corrected chi connectivity index (χ4v) is 3.17. The quantitative estimate of drug-likeness (QED) is 0.907. The van der Waals surface area contributed by atoms with Crippen LogP contribution in [0.15, 0.2) is 18.2 Å². The van der Waals surface area contributed by atoms with Gasteiger partial charge in [0.1, 0.15) is 11.8 Å². The summed E-state index contributed by atoms with van der Waals surface area (Å²) in [7, 11) is 1.58. The van der Waals surface area contributed by atoms with Crippen LogP contribution < -0.4 is 10.5 Å². The molecule has 2 fully saturated rings. The standard InChI is InChI=1S/C16H21N3O2/c1-20-14-5-2-11(8-12(14)9-17)16-15(10-18)21-7-6-19(16)13-3-4-13/h2,5,8,13,15-16H,3-4,6-7,10,18H2,1H3. The van der Waals surface area contributed by atoms with Crippen molar-refractivity contribution < 1.29 is 9.47 Å². The molecule has 3 rings (SSSR count). The summed E-state index contributed by atoms with van der Waals surface area (Å²) in [6.45, 7) is 2.15. The highest BCUT2D eigenvalue weighted by atomic mass is 16.5. The predicted molar refractivity (Wildman–Crippen MR) is 79.0 cm³/mol. The molecule has 0 radical (unpaired) electrons. The van der Waals surface area contributed by atoms with E-state index in [-0.39, 0.29) is 12.1 Å². The van der Waals surface area contributed by atoms with Gasteiger partial charge >= 0.3 is 0 Å². The topological polar surface area (TPSA) is 71.5 Å². The molecule has 0 aromatic heterocycles. The van der Waals surface area contributed by atoms with Crippen LogP contribution in [0.2, 0.25) is 0 Å². The maximum atomic E-state index is 9.28. The Morgan fingerprint density at radius 2 is 2.29 bits per heavy atom. The fourth-order valence-electron chi connectivity index (χ4n) is 3.17. The van der Waals surface area contributed by atoms with E-state index in [0.29, 0.717) is 23.9 Å². The van der Waals surface area contributed by atoms with E-state index in [2.05, 4.69) is 11.0 Å². The third kappa shape index (κ3) is 2.75. The number of ether oxygens (including phenoxy) is 2. The number of hydrogen-bond donors (Lipinski definition) is 1. The maximum Gasteiger partial charge on any atom is 0.136 e. The Labute approximate surface area is 125 Å². The molecule has 1 saturated carbocycles. The van der Waals surface area contributed by atoms with Gasteiger partial charge < -0.3 is 15.2 Å². The Bertz CT molecular complexity index is 551. The molecule has 5 heteroatoms. The predicted octanol–water partition coefficient (Wildman–Crippen LogP) is 1.43. The maximum absolute atomic E-state index is 9.28. The average Bonchev–Trinajstić information content (AvgIpc) is 3.38. The van der Waals surface area contributed by atoms with Crippen molar-refractivity contribution >= 4 is 0 Å². The molecule has 5 nitrogen and oxygen atoms in total. The molecule has 0 spiro atoms. The Morgan fingerprint density at radius 3 is 2.90 bits per heavy atom. The molecule has 2 N–H and O–H groups in total. The number of morpholine rings is 1. The van der Waals surface area contributed by atoms with E-state index in [9.17, 15) is 5.26 Å². The van der Waals surface area contributed by atoms with Gasteiger partial charge in [-0.1, -0.05) is 6.07 Å². The van der Waals surface area contributed by atoms with Gasteiger partial charge in [-0.2, -0.15) is 5.26 Å². The molecule has 1 aromatic rings. The van der Waals surface area contributed by atoms with Gasteiger partial charge in [-0.25, -0.2) is 0 Å². The summed E-state index contributed by atoms with van der Waals surface area (Å²) in [5, 5.41) is 9.28. The molecular formula is C16H21N3O2. The lowest BCUT2D eigenvalue weighted by molar-refractivity contribution is -0.0712. The van der Waals surface area contributed by atoms with Gasteiger partial charge in [0.05, 0.1) is 31.4 Å². The number of rotatable bonds is 4. The van der Waals surface area contributed by atoms with Crippen molar-refractivity contribution in [3.63, 3.8) is 0 Å². The third-order valence-corrected chi connectivity index (χ3v) is 4.32. The number of hydrogen-bond acceptors (Lipinski definition) is 5. The van der Waals surface area contributed by atoms with Crippen molar-refractivity contribution in [2.24, 2.45) is 5.73 Å². The molecule has 2 unspecified atom stereocenters.